The van der Waals surface area contributed by atoms with Gasteiger partial charge in [-0.25, -0.2) is 18.4 Å². The minimum absolute atomic E-state index is 0.0329. The summed E-state index contributed by atoms with van der Waals surface area (Å²) in [6, 6.07) is 2.14. The molecule has 1 unspecified atom stereocenters. The van der Waals surface area contributed by atoms with Crippen molar-refractivity contribution in [1.29, 1.82) is 5.26 Å². The van der Waals surface area contributed by atoms with E-state index >= 15 is 0 Å². The van der Waals surface area contributed by atoms with Gasteiger partial charge in [-0.15, -0.1) is 10.2 Å². The number of sulfone groups is 1. The van der Waals surface area contributed by atoms with Gasteiger partial charge in [-0.1, -0.05) is 13.8 Å². The van der Waals surface area contributed by atoms with E-state index in [0.29, 0.717) is 37.7 Å². The van der Waals surface area contributed by atoms with Crippen LogP contribution < -0.4 is 9.80 Å². The lowest BCUT2D eigenvalue weighted by Crippen LogP contribution is -2.62. The highest BCUT2D eigenvalue weighted by molar-refractivity contribution is 7.94. The van der Waals surface area contributed by atoms with E-state index in [1.165, 1.54) is 6.33 Å². The van der Waals surface area contributed by atoms with Crippen molar-refractivity contribution < 1.29 is 26.4 Å². The van der Waals surface area contributed by atoms with Gasteiger partial charge in [0.15, 0.2) is 21.3 Å². The molecule has 39 heavy (non-hydrogen) atoms. The molecule has 3 aliphatic heterocycles. The van der Waals surface area contributed by atoms with Crippen LogP contribution in [0.25, 0.3) is 0 Å². The largest absolute Gasteiger partial charge is 0.436 e. The van der Waals surface area contributed by atoms with Crippen molar-refractivity contribution >= 4 is 33.2 Å². The summed E-state index contributed by atoms with van der Waals surface area (Å²) in [5.41, 5.74) is -1.78. The molecule has 2 saturated heterocycles. The summed E-state index contributed by atoms with van der Waals surface area (Å²) < 4.78 is 63.9. The zero-order chi connectivity index (χ0) is 28.5. The molecule has 0 radical (unpaired) electrons. The summed E-state index contributed by atoms with van der Waals surface area (Å²) in [5, 5.41) is 15.4. The molecule has 11 nitrogen and oxygen atoms in total. The number of anilines is 3. The van der Waals surface area contributed by atoms with Crippen LogP contribution in [0.1, 0.15) is 50.9 Å². The Morgan fingerprint density at radius 3 is 2.41 bits per heavy atom. The Kier molecular flexibility index (Phi) is 6.24. The number of rotatable bonds is 3. The maximum absolute atomic E-state index is 13.3. The molecule has 0 bridgehead atoms. The highest BCUT2D eigenvalue weighted by Gasteiger charge is 2.48. The quantitative estimate of drug-likeness (QED) is 0.546. The fourth-order valence-electron chi connectivity index (χ4n) is 5.56. The van der Waals surface area contributed by atoms with E-state index in [2.05, 4.69) is 25.1 Å². The van der Waals surface area contributed by atoms with Gasteiger partial charge in [0, 0.05) is 48.8 Å². The molecule has 5 rings (SSSR count). The molecule has 2 aromatic rings. The van der Waals surface area contributed by atoms with Gasteiger partial charge < -0.3 is 14.7 Å². The summed E-state index contributed by atoms with van der Waals surface area (Å²) in [6.07, 6.45) is -3.11. The first-order chi connectivity index (χ1) is 18.2. The second kappa shape index (κ2) is 9.00. The first-order valence-corrected chi connectivity index (χ1v) is 14.1. The topological polar surface area (TPSA) is 136 Å². The zero-order valence-electron chi connectivity index (χ0n) is 21.8. The molecule has 2 aromatic heterocycles. The van der Waals surface area contributed by atoms with Crippen molar-refractivity contribution in [2.45, 2.75) is 63.0 Å². The van der Waals surface area contributed by atoms with E-state index in [-0.39, 0.29) is 29.6 Å². The third-order valence-electron chi connectivity index (χ3n) is 7.65. The maximum Gasteiger partial charge on any atom is 0.436 e. The molecule has 0 N–H and O–H groups in total. The van der Waals surface area contributed by atoms with Crippen LogP contribution in [0.2, 0.25) is 0 Å². The van der Waals surface area contributed by atoms with Crippen molar-refractivity contribution in [3.63, 3.8) is 0 Å². The number of nitriles is 1. The lowest BCUT2D eigenvalue weighted by Gasteiger charge is -2.47. The highest BCUT2D eigenvalue weighted by atomic mass is 32.2. The van der Waals surface area contributed by atoms with E-state index in [1.807, 2.05) is 27.7 Å². The fraction of sp³-hybridized carbons (Fsp3) is 0.583. The summed E-state index contributed by atoms with van der Waals surface area (Å²) in [6.45, 7) is 8.72. The van der Waals surface area contributed by atoms with Gasteiger partial charge in [0.2, 0.25) is 5.91 Å². The lowest BCUT2D eigenvalue weighted by atomic mass is 9.87. The number of alkyl halides is 3. The van der Waals surface area contributed by atoms with Crippen LogP contribution in [0.3, 0.4) is 0 Å². The van der Waals surface area contributed by atoms with Crippen molar-refractivity contribution in [2.24, 2.45) is 0 Å². The molecular formula is C24H27F3N8O3S. The Morgan fingerprint density at radius 2 is 1.82 bits per heavy atom. The molecule has 208 valence electrons. The number of hydrogen-bond donors (Lipinski definition) is 0. The standard InChI is InChI=1S/C24H27F3N8O3S/c1-13-10-34(22(36)16-5-6-39(16,37)38)14(2)9-33(13)20-18-21(30-12-29-20)35(11-23(18,3)4)17-7-15(8-28)19(32-31-17)24(25,26)27/h7,12-14,16H,5-6,9-11H2,1-4H3/t13-,14+,16?/m0/s1. The van der Waals surface area contributed by atoms with Crippen LogP contribution >= 0.6 is 0 Å². The molecule has 15 heteroatoms. The van der Waals surface area contributed by atoms with Crippen LogP contribution in [0.15, 0.2) is 12.4 Å². The number of piperazine rings is 1. The molecule has 1 amide bonds. The van der Waals surface area contributed by atoms with Gasteiger partial charge in [-0.3, -0.25) is 4.79 Å². The van der Waals surface area contributed by atoms with Crippen LogP contribution in [0, 0.1) is 11.3 Å². The Labute approximate surface area is 223 Å². The number of fused-ring (bicyclic) bond motifs is 1. The number of aromatic nitrogens is 4. The number of carbonyl (C=O) groups is 1. The van der Waals surface area contributed by atoms with Gasteiger partial charge in [0.05, 0.1) is 11.3 Å². The Hall–Kier alpha value is -3.54. The first-order valence-electron chi connectivity index (χ1n) is 12.4. The molecular weight excluding hydrogens is 537 g/mol. The van der Waals surface area contributed by atoms with Crippen LogP contribution in [0.4, 0.5) is 30.6 Å². The smallest absolute Gasteiger partial charge is 0.350 e. The summed E-state index contributed by atoms with van der Waals surface area (Å²) >= 11 is 0. The Balaban J connectivity index is 1.48. The molecule has 0 aromatic carbocycles. The highest BCUT2D eigenvalue weighted by Crippen LogP contribution is 2.47. The summed E-state index contributed by atoms with van der Waals surface area (Å²) in [5.74, 6) is 0.798. The molecule has 0 saturated carbocycles. The van der Waals surface area contributed by atoms with Gasteiger partial charge in [0.1, 0.15) is 29.3 Å². The van der Waals surface area contributed by atoms with Crippen molar-refractivity contribution in [3.05, 3.63) is 29.2 Å². The second-order valence-corrected chi connectivity index (χ2v) is 13.2. The molecule has 0 aliphatic carbocycles. The predicted molar refractivity (Wildman–Crippen MR) is 134 cm³/mol. The summed E-state index contributed by atoms with van der Waals surface area (Å²) in [7, 11) is -3.37. The minimum atomic E-state index is -4.81. The maximum atomic E-state index is 13.3. The zero-order valence-corrected chi connectivity index (χ0v) is 22.6. The molecule has 5 heterocycles. The molecule has 0 spiro atoms. The van der Waals surface area contributed by atoms with E-state index in [9.17, 15) is 31.6 Å². The minimum Gasteiger partial charge on any atom is -0.350 e. The lowest BCUT2D eigenvalue weighted by molar-refractivity contribution is -0.142. The van der Waals surface area contributed by atoms with E-state index in [0.717, 1.165) is 11.6 Å². The average Bonchev–Trinajstić information content (AvgIpc) is 3.14. The molecule has 3 aliphatic rings. The van der Waals surface area contributed by atoms with Gasteiger partial charge in [0.25, 0.3) is 0 Å². The summed E-state index contributed by atoms with van der Waals surface area (Å²) in [4.78, 5) is 27.3. The van der Waals surface area contributed by atoms with Gasteiger partial charge in [-0.2, -0.15) is 18.4 Å². The van der Waals surface area contributed by atoms with E-state index in [4.69, 9.17) is 0 Å². The SMILES string of the molecule is C[C@@H]1CN(c2ncnc3c2C(C)(C)CN3c2cc(C#N)c(C(F)(F)F)nn2)[C@@H](C)CN1C(=O)C1CCS1(=O)=O. The number of nitrogens with zero attached hydrogens (tertiary/aromatic N) is 8. The van der Waals surface area contributed by atoms with Crippen LogP contribution in [-0.2, 0) is 26.2 Å². The van der Waals surface area contributed by atoms with Crippen LogP contribution in [-0.4, -0.2) is 82.1 Å². The molecule has 2 fully saturated rings. The molecule has 3 atom stereocenters. The first kappa shape index (κ1) is 27.0. The number of hydrogen-bond acceptors (Lipinski definition) is 10. The van der Waals surface area contributed by atoms with Gasteiger partial charge in [-0.05, 0) is 20.3 Å². The van der Waals surface area contributed by atoms with Crippen molar-refractivity contribution in [3.8, 4) is 6.07 Å². The third-order valence-corrected chi connectivity index (χ3v) is 9.76. The second-order valence-electron chi connectivity index (χ2n) is 10.9. The number of halogens is 3. The average molecular weight is 565 g/mol. The number of carbonyl (C=O) groups excluding carboxylic acids is 1. The van der Waals surface area contributed by atoms with Gasteiger partial charge >= 0.3 is 6.18 Å². The van der Waals surface area contributed by atoms with Crippen molar-refractivity contribution in [2.75, 3.05) is 35.2 Å². The van der Waals surface area contributed by atoms with Crippen LogP contribution in [0.5, 0.6) is 0 Å². The monoisotopic (exact) mass is 564 g/mol. The van der Waals surface area contributed by atoms with E-state index < -0.39 is 37.9 Å². The normalized spacial score (nSPS) is 25.6. The predicted octanol–water partition coefficient (Wildman–Crippen LogP) is 2.20. The van der Waals surface area contributed by atoms with Crippen molar-refractivity contribution in [1.82, 2.24) is 25.1 Å². The fourth-order valence-corrected chi connectivity index (χ4v) is 6.86. The van der Waals surface area contributed by atoms with E-state index in [1.54, 1.807) is 15.9 Å². The third kappa shape index (κ3) is 4.44. The number of amides is 1. The Morgan fingerprint density at radius 1 is 1.13 bits per heavy atom. The Bertz CT molecular complexity index is 1490.